The highest BCUT2D eigenvalue weighted by molar-refractivity contribution is 7.45. The summed E-state index contributed by atoms with van der Waals surface area (Å²) >= 11 is 0. The lowest BCUT2D eigenvalue weighted by Gasteiger charge is -2.28. The lowest BCUT2D eigenvalue weighted by molar-refractivity contribution is -0.870. The van der Waals surface area contributed by atoms with Gasteiger partial charge in [-0.3, -0.25) is 14.2 Å². The number of rotatable bonds is 59. The fraction of sp³-hybridized carbons (Fsp3) is 0.739. The van der Waals surface area contributed by atoms with Gasteiger partial charge in [0.25, 0.3) is 7.82 Å². The first-order valence-corrected chi connectivity index (χ1v) is 33.9. The molecule has 0 saturated carbocycles. The maximum absolute atomic E-state index is 12.8. The van der Waals surface area contributed by atoms with Crippen molar-refractivity contribution in [1.82, 2.24) is 0 Å². The maximum atomic E-state index is 12.8. The van der Waals surface area contributed by atoms with Crippen molar-refractivity contribution in [2.24, 2.45) is 0 Å². The molecule has 2 unspecified atom stereocenters. The minimum atomic E-state index is -4.64. The smallest absolute Gasteiger partial charge is 0.306 e. The molecular weight excluding hydrogens is 1000 g/mol. The van der Waals surface area contributed by atoms with Gasteiger partial charge in [0.15, 0.2) is 6.10 Å². The molecular formula is C69H122NO8P. The molecule has 0 aromatic carbocycles. The van der Waals surface area contributed by atoms with E-state index in [2.05, 4.69) is 111 Å². The third kappa shape index (κ3) is 64.0. The highest BCUT2D eigenvalue weighted by Gasteiger charge is 2.22. The zero-order valence-electron chi connectivity index (χ0n) is 51.8. The first-order valence-electron chi connectivity index (χ1n) is 32.4. The number of ether oxygens (including phenoxy) is 2. The summed E-state index contributed by atoms with van der Waals surface area (Å²) < 4.78 is 34.2. The molecule has 0 fully saturated rings. The van der Waals surface area contributed by atoms with E-state index in [0.717, 1.165) is 96.3 Å². The number of phosphoric ester groups is 1. The second-order valence-electron chi connectivity index (χ2n) is 22.7. The third-order valence-corrected chi connectivity index (χ3v) is 14.8. The standard InChI is InChI=1S/C69H122NO8P/c1-6-8-10-12-14-16-18-20-22-24-26-27-28-29-30-31-32-33-34-35-36-37-38-39-40-41-42-43-44-46-48-50-52-54-56-58-60-62-69(72)78-67(66-77-79(73,74)76-64-63-70(3,4)5)65-75-68(71)61-59-57-55-53-51-49-47-45-25-23-21-19-17-15-13-11-9-7-2/h8,10,14,16-17,19-20,22-23,25-27,29-30,32-33,67H,6-7,9,11-13,15,18,21,24,28,31,34-66H2,1-5H3/b10-8-,16-14-,19-17-,22-20-,25-23-,27-26-,30-29-,33-32-. The average molecular weight is 1120 g/mol. The minimum Gasteiger partial charge on any atom is -0.756 e. The van der Waals surface area contributed by atoms with Gasteiger partial charge in [-0.2, -0.15) is 0 Å². The van der Waals surface area contributed by atoms with Crippen molar-refractivity contribution in [3.63, 3.8) is 0 Å². The summed E-state index contributed by atoms with van der Waals surface area (Å²) in [5, 5.41) is 0. The second kappa shape index (κ2) is 59.5. The molecule has 2 atom stereocenters. The van der Waals surface area contributed by atoms with Crippen LogP contribution in [0.2, 0.25) is 0 Å². The van der Waals surface area contributed by atoms with Gasteiger partial charge in [0.1, 0.15) is 19.8 Å². The number of hydrogen-bond donors (Lipinski definition) is 0. The summed E-state index contributed by atoms with van der Waals surface area (Å²) in [5.41, 5.74) is 0. The number of quaternary nitrogens is 1. The lowest BCUT2D eigenvalue weighted by atomic mass is 10.0. The predicted octanol–water partition coefficient (Wildman–Crippen LogP) is 20.1. The molecule has 0 radical (unpaired) electrons. The van der Waals surface area contributed by atoms with E-state index in [1.54, 1.807) is 0 Å². The molecule has 0 spiro atoms. The van der Waals surface area contributed by atoms with Crippen molar-refractivity contribution in [3.8, 4) is 0 Å². The highest BCUT2D eigenvalue weighted by Crippen LogP contribution is 2.38. The molecule has 0 aromatic rings. The fourth-order valence-corrected chi connectivity index (χ4v) is 9.60. The molecule has 0 bridgehead atoms. The number of nitrogens with zero attached hydrogens (tertiary/aromatic N) is 1. The van der Waals surface area contributed by atoms with Crippen molar-refractivity contribution in [2.45, 2.75) is 283 Å². The van der Waals surface area contributed by atoms with E-state index in [0.29, 0.717) is 17.4 Å². The van der Waals surface area contributed by atoms with Crippen molar-refractivity contribution in [1.29, 1.82) is 0 Å². The van der Waals surface area contributed by atoms with Gasteiger partial charge < -0.3 is 27.9 Å². The molecule has 0 saturated heterocycles. The van der Waals surface area contributed by atoms with Crippen molar-refractivity contribution in [2.75, 3.05) is 47.5 Å². The number of unbranched alkanes of at least 4 members (excludes halogenated alkanes) is 29. The number of hydrogen-bond acceptors (Lipinski definition) is 8. The van der Waals surface area contributed by atoms with Crippen LogP contribution in [0.3, 0.4) is 0 Å². The fourth-order valence-electron chi connectivity index (χ4n) is 8.87. The maximum Gasteiger partial charge on any atom is 0.306 e. The van der Waals surface area contributed by atoms with E-state index in [4.69, 9.17) is 18.5 Å². The first kappa shape index (κ1) is 75.9. The van der Waals surface area contributed by atoms with Crippen LogP contribution in [0.25, 0.3) is 0 Å². The van der Waals surface area contributed by atoms with Gasteiger partial charge in [-0.1, -0.05) is 265 Å². The Balaban J connectivity index is 4.02. The molecule has 9 nitrogen and oxygen atoms in total. The Morgan fingerprint density at radius 1 is 0.405 bits per heavy atom. The van der Waals surface area contributed by atoms with Gasteiger partial charge in [-0.05, 0) is 96.3 Å². The van der Waals surface area contributed by atoms with E-state index >= 15 is 0 Å². The molecule has 10 heteroatoms. The number of phosphoric acid groups is 1. The summed E-state index contributed by atoms with van der Waals surface area (Å²) in [6, 6.07) is 0. The Labute approximate surface area is 487 Å². The number of esters is 2. The quantitative estimate of drug-likeness (QED) is 0.0195. The molecule has 0 amide bonds. The van der Waals surface area contributed by atoms with Gasteiger partial charge in [-0.15, -0.1) is 0 Å². The van der Waals surface area contributed by atoms with Gasteiger partial charge in [0.2, 0.25) is 0 Å². The Kier molecular flexibility index (Phi) is 57.2. The Bertz CT molecular complexity index is 1650. The third-order valence-electron chi connectivity index (χ3n) is 13.8. The Hall–Kier alpha value is -3.07. The minimum absolute atomic E-state index is 0.0342. The zero-order valence-corrected chi connectivity index (χ0v) is 52.7. The average Bonchev–Trinajstić information content (AvgIpc) is 3.41. The molecule has 79 heavy (non-hydrogen) atoms. The number of carbonyl (C=O) groups excluding carboxylic acids is 2. The Morgan fingerprint density at radius 3 is 1.08 bits per heavy atom. The molecule has 0 N–H and O–H groups in total. The van der Waals surface area contributed by atoms with E-state index in [-0.39, 0.29) is 32.0 Å². The number of carbonyl (C=O) groups is 2. The van der Waals surface area contributed by atoms with E-state index in [1.807, 2.05) is 21.1 Å². The van der Waals surface area contributed by atoms with E-state index in [1.165, 1.54) is 148 Å². The van der Waals surface area contributed by atoms with Crippen LogP contribution >= 0.6 is 7.82 Å². The lowest BCUT2D eigenvalue weighted by Crippen LogP contribution is -2.37. The molecule has 0 aliphatic heterocycles. The first-order chi connectivity index (χ1) is 38.5. The van der Waals surface area contributed by atoms with Crippen molar-refractivity contribution < 1.29 is 42.1 Å². The SMILES string of the molecule is CC/C=C\C/C=C\C/C=C\C/C=C\C/C=C\C/C=C\CCCCCCCCCCCCCCCCCCCCC(=O)OC(COC(=O)CCCCCCCCC/C=C\C/C=C\CCCCCC)COP(=O)([O-])OCC[N+](C)(C)C. The topological polar surface area (TPSA) is 111 Å². The van der Waals surface area contributed by atoms with Gasteiger partial charge in [0, 0.05) is 12.8 Å². The zero-order chi connectivity index (χ0) is 57.7. The van der Waals surface area contributed by atoms with Crippen molar-refractivity contribution in [3.05, 3.63) is 97.2 Å². The number of allylic oxidation sites excluding steroid dienone is 16. The highest BCUT2D eigenvalue weighted by atomic mass is 31.2. The molecule has 0 aromatic heterocycles. The van der Waals surface area contributed by atoms with Gasteiger partial charge >= 0.3 is 11.9 Å². The summed E-state index contributed by atoms with van der Waals surface area (Å²) in [6.07, 6.45) is 81.9. The van der Waals surface area contributed by atoms with E-state index < -0.39 is 26.5 Å². The monoisotopic (exact) mass is 1120 g/mol. The van der Waals surface area contributed by atoms with Crippen LogP contribution < -0.4 is 4.89 Å². The van der Waals surface area contributed by atoms with Crippen LogP contribution in [0.4, 0.5) is 0 Å². The van der Waals surface area contributed by atoms with Crippen LogP contribution in [-0.4, -0.2) is 70.0 Å². The van der Waals surface area contributed by atoms with Crippen molar-refractivity contribution >= 4 is 19.8 Å². The van der Waals surface area contributed by atoms with Crippen LogP contribution in [0.5, 0.6) is 0 Å². The van der Waals surface area contributed by atoms with Crippen LogP contribution in [0.15, 0.2) is 97.2 Å². The van der Waals surface area contributed by atoms with Crippen LogP contribution in [-0.2, 0) is 32.7 Å². The summed E-state index contributed by atoms with van der Waals surface area (Å²) in [4.78, 5) is 37.9. The van der Waals surface area contributed by atoms with Crippen LogP contribution in [0, 0.1) is 0 Å². The van der Waals surface area contributed by atoms with E-state index in [9.17, 15) is 19.0 Å². The molecule has 0 rings (SSSR count). The largest absolute Gasteiger partial charge is 0.756 e. The second-order valence-corrected chi connectivity index (χ2v) is 24.2. The van der Waals surface area contributed by atoms with Crippen LogP contribution in [0.1, 0.15) is 277 Å². The molecule has 0 aliphatic carbocycles. The van der Waals surface area contributed by atoms with Gasteiger partial charge in [-0.25, -0.2) is 0 Å². The normalized spacial score (nSPS) is 13.8. The number of likely N-dealkylation sites (N-methyl/N-ethyl adjacent to an activating group) is 1. The Morgan fingerprint density at radius 2 is 0.722 bits per heavy atom. The molecule has 456 valence electrons. The molecule has 0 aliphatic rings. The molecule has 0 heterocycles. The summed E-state index contributed by atoms with van der Waals surface area (Å²) in [6.45, 7) is 4.12. The summed E-state index contributed by atoms with van der Waals surface area (Å²) in [7, 11) is 1.16. The summed E-state index contributed by atoms with van der Waals surface area (Å²) in [5.74, 6) is -0.837. The van der Waals surface area contributed by atoms with Gasteiger partial charge in [0.05, 0.1) is 27.7 Å². The predicted molar refractivity (Wildman–Crippen MR) is 337 cm³/mol.